The summed E-state index contributed by atoms with van der Waals surface area (Å²) >= 11 is 0. The third-order valence-electron chi connectivity index (χ3n) is 7.54. The van der Waals surface area contributed by atoms with Gasteiger partial charge in [-0.05, 0) is 40.0 Å². The van der Waals surface area contributed by atoms with Crippen molar-refractivity contribution >= 4 is 6.09 Å². The van der Waals surface area contributed by atoms with Crippen molar-refractivity contribution in [3.05, 3.63) is 11.6 Å². The zero-order chi connectivity index (χ0) is 22.2. The van der Waals surface area contributed by atoms with Crippen molar-refractivity contribution in [3.63, 3.8) is 0 Å². The average Bonchev–Trinajstić information content (AvgIpc) is 3.66. The number of amides is 1. The van der Waals surface area contributed by atoms with E-state index in [-0.39, 0.29) is 48.1 Å². The quantitative estimate of drug-likeness (QED) is 0.479. The van der Waals surface area contributed by atoms with E-state index in [0.717, 1.165) is 39.0 Å². The maximum Gasteiger partial charge on any atom is 0.410 e. The van der Waals surface area contributed by atoms with Gasteiger partial charge in [0, 0.05) is 39.8 Å². The Balaban J connectivity index is 1.40. The summed E-state index contributed by atoms with van der Waals surface area (Å²) in [6, 6.07) is 0. The topological polar surface area (TPSA) is 87.3 Å². The van der Waals surface area contributed by atoms with Gasteiger partial charge in [-0.1, -0.05) is 11.6 Å². The number of carbonyl (C=O) groups excluding carboxylic acids is 1. The molecule has 0 aromatic heterocycles. The first-order valence-corrected chi connectivity index (χ1v) is 11.6. The first-order valence-electron chi connectivity index (χ1n) is 11.6. The molecule has 1 aliphatic carbocycles. The van der Waals surface area contributed by atoms with Crippen LogP contribution in [0, 0.1) is 5.92 Å². The maximum absolute atomic E-state index is 12.9. The highest BCUT2D eigenvalue weighted by Gasteiger charge is 2.72. The minimum absolute atomic E-state index is 0.0357. The van der Waals surface area contributed by atoms with Crippen LogP contribution in [-0.4, -0.2) is 104 Å². The summed E-state index contributed by atoms with van der Waals surface area (Å²) in [5.41, 5.74) is 0.742. The highest BCUT2D eigenvalue weighted by Crippen LogP contribution is 2.59. The van der Waals surface area contributed by atoms with Crippen molar-refractivity contribution in [1.29, 1.82) is 0 Å². The fourth-order valence-corrected chi connectivity index (χ4v) is 5.57. The Morgan fingerprint density at radius 2 is 1.97 bits per heavy atom. The van der Waals surface area contributed by atoms with Crippen molar-refractivity contribution in [1.82, 2.24) is 9.80 Å². The van der Waals surface area contributed by atoms with E-state index >= 15 is 0 Å². The van der Waals surface area contributed by atoms with Crippen LogP contribution in [0.4, 0.5) is 4.79 Å². The van der Waals surface area contributed by atoms with E-state index < -0.39 is 0 Å². The smallest absolute Gasteiger partial charge is 0.410 e. The number of aliphatic hydroxyl groups excluding tert-OH is 1. The van der Waals surface area contributed by atoms with Crippen molar-refractivity contribution in [2.24, 2.45) is 5.92 Å². The van der Waals surface area contributed by atoms with Gasteiger partial charge in [0.05, 0.1) is 25.2 Å². The molecule has 3 heterocycles. The molecule has 176 valence electrons. The van der Waals surface area contributed by atoms with Crippen LogP contribution in [-0.2, 0) is 18.9 Å². The fraction of sp³-hybridized carbons (Fsp3) is 0.870. The lowest BCUT2D eigenvalue weighted by molar-refractivity contribution is -0.122. The summed E-state index contributed by atoms with van der Waals surface area (Å²) in [6.07, 6.45) is 3.99. The summed E-state index contributed by atoms with van der Waals surface area (Å²) in [7, 11) is 1.70. The van der Waals surface area contributed by atoms with Crippen LogP contribution in [0.2, 0.25) is 0 Å². The van der Waals surface area contributed by atoms with Crippen LogP contribution < -0.4 is 0 Å². The molecule has 1 spiro atoms. The van der Waals surface area contributed by atoms with Gasteiger partial charge in [0.25, 0.3) is 0 Å². The highest BCUT2D eigenvalue weighted by atomic mass is 16.6. The standard InChI is InChI=1S/C23H38N2O6/c1-16(2)5-6-18-22(3,31-18)20-19(28-4)17(7-8-23(20)15-29-23)30-21(27)25-11-9-24(10-12-25)13-14-26/h5,17-20,26H,6-15H2,1-4H3/t17-,18-,19-,20-,22+,23+/m1/s1. The summed E-state index contributed by atoms with van der Waals surface area (Å²) in [5.74, 6) is 0.0357. The first kappa shape index (κ1) is 23.0. The van der Waals surface area contributed by atoms with Gasteiger partial charge in [0.15, 0.2) is 0 Å². The van der Waals surface area contributed by atoms with E-state index in [1.165, 1.54) is 5.57 Å². The zero-order valence-corrected chi connectivity index (χ0v) is 19.3. The molecule has 0 unspecified atom stereocenters. The number of hydrogen-bond donors (Lipinski definition) is 1. The van der Waals surface area contributed by atoms with Crippen LogP contribution in [0.25, 0.3) is 0 Å². The van der Waals surface area contributed by atoms with Gasteiger partial charge in [-0.15, -0.1) is 0 Å². The van der Waals surface area contributed by atoms with Crippen molar-refractivity contribution < 1.29 is 28.8 Å². The molecule has 0 bridgehead atoms. The lowest BCUT2D eigenvalue weighted by Crippen LogP contribution is -2.57. The van der Waals surface area contributed by atoms with E-state index in [9.17, 15) is 4.79 Å². The monoisotopic (exact) mass is 438 g/mol. The number of nitrogens with zero attached hydrogens (tertiary/aromatic N) is 2. The van der Waals surface area contributed by atoms with E-state index in [1.54, 1.807) is 12.0 Å². The van der Waals surface area contributed by atoms with Crippen LogP contribution in [0.5, 0.6) is 0 Å². The average molecular weight is 439 g/mol. The van der Waals surface area contributed by atoms with Crippen LogP contribution in [0.1, 0.15) is 40.0 Å². The SMILES string of the molecule is CO[C@@H]1[C@H](OC(=O)N2CCN(CCO)CC2)CC[C@]2(CO2)[C@H]1[C@@]1(C)O[C@@H]1CC=C(C)C. The predicted molar refractivity (Wildman–Crippen MR) is 115 cm³/mol. The molecule has 1 N–H and O–H groups in total. The van der Waals surface area contributed by atoms with Gasteiger partial charge < -0.3 is 29.0 Å². The first-order chi connectivity index (χ1) is 14.8. The molecular formula is C23H38N2O6. The molecule has 4 fully saturated rings. The number of β-amino-alcohol motifs (C(OH)–C–C–N with tert-alkyl or cyclic N) is 1. The minimum Gasteiger partial charge on any atom is -0.443 e. The number of aliphatic hydroxyl groups is 1. The molecule has 0 aromatic carbocycles. The number of hydrogen-bond acceptors (Lipinski definition) is 7. The number of ether oxygens (including phenoxy) is 4. The molecular weight excluding hydrogens is 400 g/mol. The number of rotatable bonds is 7. The van der Waals surface area contributed by atoms with Gasteiger partial charge in [-0.2, -0.15) is 0 Å². The molecule has 4 aliphatic rings. The third-order valence-corrected chi connectivity index (χ3v) is 7.54. The minimum atomic E-state index is -0.329. The van der Waals surface area contributed by atoms with E-state index in [4.69, 9.17) is 24.1 Å². The van der Waals surface area contributed by atoms with E-state index in [1.807, 2.05) is 0 Å². The molecule has 3 saturated heterocycles. The molecule has 0 radical (unpaired) electrons. The predicted octanol–water partition coefficient (Wildman–Crippen LogP) is 1.81. The van der Waals surface area contributed by atoms with Gasteiger partial charge >= 0.3 is 6.09 Å². The molecule has 8 nitrogen and oxygen atoms in total. The lowest BCUT2D eigenvalue weighted by atomic mass is 9.68. The molecule has 4 rings (SSSR count). The van der Waals surface area contributed by atoms with Gasteiger partial charge in [0.1, 0.15) is 23.4 Å². The number of piperazine rings is 1. The van der Waals surface area contributed by atoms with E-state index in [2.05, 4.69) is 31.7 Å². The van der Waals surface area contributed by atoms with Crippen molar-refractivity contribution in [3.8, 4) is 0 Å². The second-order valence-corrected chi connectivity index (χ2v) is 9.85. The Bertz CT molecular complexity index is 684. The third kappa shape index (κ3) is 4.64. The second kappa shape index (κ2) is 8.98. The normalized spacial score (nSPS) is 40.0. The lowest BCUT2D eigenvalue weighted by Gasteiger charge is -2.43. The molecule has 3 aliphatic heterocycles. The molecule has 1 amide bonds. The molecule has 6 atom stereocenters. The summed E-state index contributed by atoms with van der Waals surface area (Å²) < 4.78 is 24.2. The van der Waals surface area contributed by atoms with Gasteiger partial charge in [0.2, 0.25) is 0 Å². The molecule has 1 saturated carbocycles. The van der Waals surface area contributed by atoms with Crippen LogP contribution >= 0.6 is 0 Å². The second-order valence-electron chi connectivity index (χ2n) is 9.85. The Morgan fingerprint density at radius 1 is 1.26 bits per heavy atom. The highest BCUT2D eigenvalue weighted by molar-refractivity contribution is 5.68. The molecule has 0 aromatic rings. The number of methoxy groups -OCH3 is 1. The summed E-state index contributed by atoms with van der Waals surface area (Å²) in [6.45, 7) is 10.6. The van der Waals surface area contributed by atoms with Crippen molar-refractivity contribution in [2.75, 3.05) is 53.0 Å². The Morgan fingerprint density at radius 3 is 2.55 bits per heavy atom. The fourth-order valence-electron chi connectivity index (χ4n) is 5.57. The zero-order valence-electron chi connectivity index (χ0n) is 19.3. The molecule has 8 heteroatoms. The summed E-state index contributed by atoms with van der Waals surface area (Å²) in [4.78, 5) is 16.8. The largest absolute Gasteiger partial charge is 0.443 e. The number of allylic oxidation sites excluding steroid dienone is 1. The van der Waals surface area contributed by atoms with Gasteiger partial charge in [-0.3, -0.25) is 4.90 Å². The van der Waals surface area contributed by atoms with Crippen LogP contribution in [0.3, 0.4) is 0 Å². The van der Waals surface area contributed by atoms with Crippen LogP contribution in [0.15, 0.2) is 11.6 Å². The number of epoxide rings is 2. The Hall–Kier alpha value is -1.19. The molecule has 31 heavy (non-hydrogen) atoms. The van der Waals surface area contributed by atoms with Crippen molar-refractivity contribution in [2.45, 2.75) is 69.5 Å². The van der Waals surface area contributed by atoms with E-state index in [0.29, 0.717) is 19.6 Å². The summed E-state index contributed by atoms with van der Waals surface area (Å²) in [5, 5.41) is 9.10. The number of carbonyl (C=O) groups is 1. The maximum atomic E-state index is 12.9. The Labute approximate surface area is 185 Å². The van der Waals surface area contributed by atoms with Gasteiger partial charge in [-0.25, -0.2) is 4.79 Å². The Kier molecular flexibility index (Phi) is 6.66.